The molecule has 2 aromatic carbocycles. The Labute approximate surface area is 169 Å². The van der Waals surface area contributed by atoms with Crippen LogP contribution in [-0.2, 0) is 14.8 Å². The number of para-hydroxylation sites is 1. The highest BCUT2D eigenvalue weighted by atomic mass is 32.2. The number of amides is 1. The SMILES string of the molecule is COc1ccc(N([C@@H](C)C(=O)N/N=C/c2cccc(OC)c2O)S(C)(=O)=O)cc1. The zero-order chi connectivity index (χ0) is 21.6. The number of hydrogen-bond donors (Lipinski definition) is 2. The summed E-state index contributed by atoms with van der Waals surface area (Å²) in [6.07, 6.45) is 2.25. The number of carbonyl (C=O) groups is 1. The molecule has 0 saturated carbocycles. The van der Waals surface area contributed by atoms with E-state index in [1.165, 1.54) is 27.4 Å². The summed E-state index contributed by atoms with van der Waals surface area (Å²) in [5.74, 6) is 0.0420. The molecule has 0 spiro atoms. The number of aromatic hydroxyl groups is 1. The molecule has 0 aliphatic rings. The van der Waals surface area contributed by atoms with Gasteiger partial charge in [0.2, 0.25) is 10.0 Å². The second-order valence-electron chi connectivity index (χ2n) is 6.07. The van der Waals surface area contributed by atoms with Gasteiger partial charge in [-0.2, -0.15) is 5.10 Å². The lowest BCUT2D eigenvalue weighted by molar-refractivity contribution is -0.121. The van der Waals surface area contributed by atoms with Crippen LogP contribution in [0.3, 0.4) is 0 Å². The number of ether oxygens (including phenoxy) is 2. The van der Waals surface area contributed by atoms with Crippen molar-refractivity contribution >= 4 is 27.8 Å². The molecule has 0 saturated heterocycles. The molecule has 2 N–H and O–H groups in total. The smallest absolute Gasteiger partial charge is 0.263 e. The van der Waals surface area contributed by atoms with Crippen LogP contribution in [0.4, 0.5) is 5.69 Å². The van der Waals surface area contributed by atoms with E-state index in [1.54, 1.807) is 42.5 Å². The van der Waals surface area contributed by atoms with E-state index >= 15 is 0 Å². The molecule has 2 aromatic rings. The molecule has 1 amide bonds. The summed E-state index contributed by atoms with van der Waals surface area (Å²) < 4.78 is 35.6. The zero-order valence-corrected chi connectivity index (χ0v) is 17.3. The van der Waals surface area contributed by atoms with Crippen LogP contribution in [0.15, 0.2) is 47.6 Å². The molecule has 0 radical (unpaired) electrons. The van der Waals surface area contributed by atoms with Crippen molar-refractivity contribution in [2.75, 3.05) is 24.8 Å². The first-order chi connectivity index (χ1) is 13.7. The van der Waals surface area contributed by atoms with Gasteiger partial charge in [-0.3, -0.25) is 9.10 Å². The number of hydrazone groups is 1. The fourth-order valence-corrected chi connectivity index (χ4v) is 3.78. The Morgan fingerprint density at radius 2 is 1.83 bits per heavy atom. The van der Waals surface area contributed by atoms with E-state index < -0.39 is 22.0 Å². The third-order valence-corrected chi connectivity index (χ3v) is 5.29. The molecule has 0 unspecified atom stereocenters. The highest BCUT2D eigenvalue weighted by Crippen LogP contribution is 2.28. The first-order valence-electron chi connectivity index (χ1n) is 8.51. The maximum Gasteiger partial charge on any atom is 0.263 e. The third kappa shape index (κ3) is 5.38. The molecule has 0 heterocycles. The lowest BCUT2D eigenvalue weighted by Gasteiger charge is -2.27. The van der Waals surface area contributed by atoms with Crippen LogP contribution in [0.2, 0.25) is 0 Å². The van der Waals surface area contributed by atoms with Crippen molar-refractivity contribution in [1.29, 1.82) is 0 Å². The number of methoxy groups -OCH3 is 2. The third-order valence-electron chi connectivity index (χ3n) is 4.04. The number of phenolic OH excluding ortho intramolecular Hbond substituents is 1. The Morgan fingerprint density at radius 1 is 1.17 bits per heavy atom. The first-order valence-corrected chi connectivity index (χ1v) is 10.4. The van der Waals surface area contributed by atoms with Crippen LogP contribution < -0.4 is 19.2 Å². The van der Waals surface area contributed by atoms with Gasteiger partial charge in [0.15, 0.2) is 11.5 Å². The van der Waals surface area contributed by atoms with E-state index in [0.717, 1.165) is 10.6 Å². The number of sulfonamides is 1. The van der Waals surface area contributed by atoms with Crippen molar-refractivity contribution in [1.82, 2.24) is 5.43 Å². The van der Waals surface area contributed by atoms with Gasteiger partial charge in [0, 0.05) is 5.56 Å². The quantitative estimate of drug-likeness (QED) is 0.495. The Bertz CT molecular complexity index is 990. The predicted octanol–water partition coefficient (Wildman–Crippen LogP) is 1.71. The van der Waals surface area contributed by atoms with Crippen LogP contribution in [0.1, 0.15) is 12.5 Å². The van der Waals surface area contributed by atoms with Gasteiger partial charge in [0.1, 0.15) is 11.8 Å². The molecule has 156 valence electrons. The topological polar surface area (TPSA) is 118 Å². The van der Waals surface area contributed by atoms with Crippen LogP contribution >= 0.6 is 0 Å². The number of rotatable bonds is 8. The number of nitrogens with zero attached hydrogens (tertiary/aromatic N) is 2. The minimum Gasteiger partial charge on any atom is -0.504 e. The van der Waals surface area contributed by atoms with E-state index in [1.807, 2.05) is 0 Å². The van der Waals surface area contributed by atoms with Crippen LogP contribution in [0.25, 0.3) is 0 Å². The summed E-state index contributed by atoms with van der Waals surface area (Å²) in [6.45, 7) is 1.44. The van der Waals surface area contributed by atoms with Gasteiger partial charge < -0.3 is 14.6 Å². The van der Waals surface area contributed by atoms with Crippen LogP contribution in [0.5, 0.6) is 17.2 Å². The second-order valence-corrected chi connectivity index (χ2v) is 7.92. The number of phenols is 1. The van der Waals surface area contributed by atoms with Crippen molar-refractivity contribution in [3.63, 3.8) is 0 Å². The largest absolute Gasteiger partial charge is 0.504 e. The van der Waals surface area contributed by atoms with Crippen molar-refractivity contribution in [2.45, 2.75) is 13.0 Å². The molecule has 0 fully saturated rings. The van der Waals surface area contributed by atoms with E-state index in [-0.39, 0.29) is 11.5 Å². The maximum absolute atomic E-state index is 12.5. The van der Waals surface area contributed by atoms with Gasteiger partial charge >= 0.3 is 0 Å². The molecular formula is C19H23N3O6S. The Morgan fingerprint density at radius 3 is 2.38 bits per heavy atom. The molecular weight excluding hydrogens is 398 g/mol. The van der Waals surface area contributed by atoms with Gasteiger partial charge in [-0.1, -0.05) is 6.07 Å². The fraction of sp³-hybridized carbons (Fsp3) is 0.263. The predicted molar refractivity (Wildman–Crippen MR) is 110 cm³/mol. The summed E-state index contributed by atoms with van der Waals surface area (Å²) >= 11 is 0. The molecule has 10 heteroatoms. The molecule has 9 nitrogen and oxygen atoms in total. The highest BCUT2D eigenvalue weighted by molar-refractivity contribution is 7.92. The van der Waals surface area contributed by atoms with Gasteiger partial charge in [0.25, 0.3) is 5.91 Å². The Kier molecular flexibility index (Phi) is 7.05. The fourth-order valence-electron chi connectivity index (χ4n) is 2.60. The minimum absolute atomic E-state index is 0.128. The van der Waals surface area contributed by atoms with E-state index in [2.05, 4.69) is 10.5 Å². The van der Waals surface area contributed by atoms with E-state index in [0.29, 0.717) is 17.0 Å². The summed E-state index contributed by atoms with van der Waals surface area (Å²) in [4.78, 5) is 12.5. The first kappa shape index (κ1) is 22.0. The zero-order valence-electron chi connectivity index (χ0n) is 16.5. The Balaban J connectivity index is 2.19. The van der Waals surface area contributed by atoms with Crippen molar-refractivity contribution in [3.05, 3.63) is 48.0 Å². The van der Waals surface area contributed by atoms with Gasteiger partial charge in [0.05, 0.1) is 32.4 Å². The van der Waals surface area contributed by atoms with E-state index in [4.69, 9.17) is 9.47 Å². The number of anilines is 1. The molecule has 0 aliphatic heterocycles. The van der Waals surface area contributed by atoms with Crippen LogP contribution in [-0.4, -0.2) is 52.2 Å². The summed E-state index contributed by atoms with van der Waals surface area (Å²) in [6, 6.07) is 10.0. The molecule has 2 rings (SSSR count). The molecule has 29 heavy (non-hydrogen) atoms. The van der Waals surface area contributed by atoms with Crippen LogP contribution in [0, 0.1) is 0 Å². The van der Waals surface area contributed by atoms with Gasteiger partial charge in [-0.05, 0) is 43.3 Å². The molecule has 0 bridgehead atoms. The minimum atomic E-state index is -3.75. The highest BCUT2D eigenvalue weighted by Gasteiger charge is 2.29. The van der Waals surface area contributed by atoms with Gasteiger partial charge in [-0.25, -0.2) is 13.8 Å². The number of benzene rings is 2. The standard InChI is InChI=1S/C19H23N3O6S/c1-13(22(29(4,25)26)15-8-10-16(27-2)11-9-15)19(24)21-20-12-14-6-5-7-17(28-3)18(14)23/h5-13,23H,1-4H3,(H,21,24)/b20-12+/t13-/m0/s1. The summed E-state index contributed by atoms with van der Waals surface area (Å²) in [5.41, 5.74) is 2.93. The average molecular weight is 421 g/mol. The molecule has 0 aromatic heterocycles. The van der Waals surface area contributed by atoms with Gasteiger partial charge in [-0.15, -0.1) is 0 Å². The summed E-state index contributed by atoms with van der Waals surface area (Å²) in [5, 5.41) is 13.8. The van der Waals surface area contributed by atoms with Crippen molar-refractivity contribution < 1.29 is 27.8 Å². The maximum atomic E-state index is 12.5. The monoisotopic (exact) mass is 421 g/mol. The number of carbonyl (C=O) groups excluding carboxylic acids is 1. The molecule has 1 atom stereocenters. The Hall–Kier alpha value is -3.27. The normalized spacial score (nSPS) is 12.4. The second kappa shape index (κ2) is 9.28. The lowest BCUT2D eigenvalue weighted by Crippen LogP contribution is -2.46. The van der Waals surface area contributed by atoms with E-state index in [9.17, 15) is 18.3 Å². The average Bonchev–Trinajstić information content (AvgIpc) is 2.68. The lowest BCUT2D eigenvalue weighted by atomic mass is 10.2. The number of nitrogens with one attached hydrogen (secondary N) is 1. The summed E-state index contributed by atoms with van der Waals surface area (Å²) in [7, 11) is -0.839. The van der Waals surface area contributed by atoms with Crippen molar-refractivity contribution in [2.24, 2.45) is 5.10 Å². The number of hydrogen-bond acceptors (Lipinski definition) is 7. The molecule has 0 aliphatic carbocycles. The van der Waals surface area contributed by atoms with Crippen molar-refractivity contribution in [3.8, 4) is 17.2 Å².